The number of hydrogen-bond acceptors (Lipinski definition) is 9. The summed E-state index contributed by atoms with van der Waals surface area (Å²) >= 11 is 4.10. The lowest BCUT2D eigenvalue weighted by atomic mass is 10.2. The summed E-state index contributed by atoms with van der Waals surface area (Å²) in [7, 11) is 2.67. The van der Waals surface area contributed by atoms with Crippen LogP contribution in [0.15, 0.2) is 21.5 Å². The molecule has 31 heavy (non-hydrogen) atoms. The van der Waals surface area contributed by atoms with Gasteiger partial charge in [-0.3, -0.25) is 19.3 Å². The van der Waals surface area contributed by atoms with Crippen LogP contribution in [0.2, 0.25) is 0 Å². The Balaban J connectivity index is 2.19. The Hall–Kier alpha value is -2.53. The smallest absolute Gasteiger partial charge is 0.343 e. The number of rotatable bonds is 9. The molecule has 1 saturated heterocycles. The largest absolute Gasteiger partial charge is 0.493 e. The predicted molar refractivity (Wildman–Crippen MR) is 117 cm³/mol. The van der Waals surface area contributed by atoms with Gasteiger partial charge in [0.1, 0.15) is 6.54 Å². The Morgan fingerprint density at radius 1 is 1.16 bits per heavy atom. The molecular weight excluding hydrogens is 494 g/mol. The van der Waals surface area contributed by atoms with Crippen LogP contribution in [0.25, 0.3) is 6.08 Å². The van der Waals surface area contributed by atoms with Crippen LogP contribution in [0.5, 0.6) is 11.5 Å². The summed E-state index contributed by atoms with van der Waals surface area (Å²) in [6, 6.07) is 3.16. The average molecular weight is 516 g/mol. The lowest BCUT2D eigenvalue weighted by Gasteiger charge is -2.13. The molecule has 0 aliphatic carbocycles. The van der Waals surface area contributed by atoms with E-state index in [4.69, 9.17) is 14.2 Å². The maximum atomic E-state index is 12.6. The zero-order chi connectivity index (χ0) is 23.1. The van der Waals surface area contributed by atoms with Gasteiger partial charge in [-0.05, 0) is 41.5 Å². The van der Waals surface area contributed by atoms with E-state index in [1.165, 1.54) is 20.3 Å². The van der Waals surface area contributed by atoms with E-state index in [2.05, 4.69) is 20.7 Å². The highest BCUT2D eigenvalue weighted by atomic mass is 79.9. The van der Waals surface area contributed by atoms with E-state index in [1.807, 2.05) is 13.8 Å². The topological polar surface area (TPSA) is 108 Å². The summed E-state index contributed by atoms with van der Waals surface area (Å²) in [6.45, 7) is 3.23. The van der Waals surface area contributed by atoms with Gasteiger partial charge in [-0.1, -0.05) is 29.8 Å². The Kier molecular flexibility index (Phi) is 8.93. The summed E-state index contributed by atoms with van der Waals surface area (Å²) in [5.41, 5.74) is 0.537. The average Bonchev–Trinajstić information content (AvgIpc) is 2.99. The monoisotopic (exact) mass is 515 g/mol. The first-order chi connectivity index (χ1) is 14.7. The first-order valence-corrected chi connectivity index (χ1v) is 10.7. The maximum absolute atomic E-state index is 12.6. The van der Waals surface area contributed by atoms with E-state index in [1.54, 1.807) is 12.1 Å². The molecule has 1 heterocycles. The van der Waals surface area contributed by atoms with E-state index < -0.39 is 29.6 Å². The highest BCUT2D eigenvalue weighted by Crippen LogP contribution is 2.38. The molecule has 168 valence electrons. The third kappa shape index (κ3) is 6.73. The summed E-state index contributed by atoms with van der Waals surface area (Å²) < 4.78 is 20.8. The Labute approximate surface area is 192 Å². The van der Waals surface area contributed by atoms with Crippen molar-refractivity contribution in [1.82, 2.24) is 4.90 Å². The second kappa shape index (κ2) is 11.2. The molecule has 1 aromatic carbocycles. The summed E-state index contributed by atoms with van der Waals surface area (Å²) in [4.78, 5) is 49.0. The van der Waals surface area contributed by atoms with Crippen molar-refractivity contribution in [3.8, 4) is 11.5 Å². The van der Waals surface area contributed by atoms with Crippen molar-refractivity contribution in [3.05, 3.63) is 27.1 Å². The quantitative estimate of drug-likeness (QED) is 0.361. The number of benzene rings is 1. The number of imide groups is 1. The third-order valence-electron chi connectivity index (χ3n) is 3.88. The van der Waals surface area contributed by atoms with Gasteiger partial charge in [0.25, 0.3) is 11.1 Å². The third-order valence-corrected chi connectivity index (χ3v) is 5.48. The predicted octanol–water partition coefficient (Wildman–Crippen LogP) is 3.25. The normalized spacial score (nSPS) is 14.9. The number of methoxy groups -OCH3 is 2. The zero-order valence-electron chi connectivity index (χ0n) is 17.4. The molecule has 2 rings (SSSR count). The van der Waals surface area contributed by atoms with Crippen LogP contribution >= 0.6 is 27.7 Å². The molecule has 0 radical (unpaired) electrons. The van der Waals surface area contributed by atoms with Gasteiger partial charge < -0.3 is 18.9 Å². The lowest BCUT2D eigenvalue weighted by molar-refractivity contribution is -0.147. The molecule has 1 aliphatic heterocycles. The van der Waals surface area contributed by atoms with E-state index in [-0.39, 0.29) is 29.8 Å². The van der Waals surface area contributed by atoms with Crippen molar-refractivity contribution in [2.45, 2.75) is 13.8 Å². The molecular formula is C20H22BrNO8S. The molecule has 11 heteroatoms. The van der Waals surface area contributed by atoms with Gasteiger partial charge in [-0.25, -0.2) is 4.79 Å². The highest BCUT2D eigenvalue weighted by molar-refractivity contribution is 9.10. The highest BCUT2D eigenvalue weighted by Gasteiger charge is 2.36. The molecule has 1 aliphatic rings. The van der Waals surface area contributed by atoms with E-state index >= 15 is 0 Å². The number of carbonyl (C=O) groups is 4. The molecule has 0 aromatic heterocycles. The van der Waals surface area contributed by atoms with E-state index in [9.17, 15) is 19.2 Å². The van der Waals surface area contributed by atoms with Crippen molar-refractivity contribution < 1.29 is 38.1 Å². The Morgan fingerprint density at radius 2 is 1.87 bits per heavy atom. The Bertz CT molecular complexity index is 915. The van der Waals surface area contributed by atoms with Gasteiger partial charge in [0.15, 0.2) is 18.1 Å². The molecule has 1 fully saturated rings. The van der Waals surface area contributed by atoms with Crippen LogP contribution in [0, 0.1) is 5.92 Å². The fourth-order valence-corrected chi connectivity index (χ4v) is 3.61. The second-order valence-electron chi connectivity index (χ2n) is 6.73. The standard InChI is InChI=1S/C20H22BrNO8S/c1-11(2)9-30-17(23)8-22-19(25)16(31-20(22)26)6-12-5-14(27-3)15(7-13(12)21)29-10-18(24)28-4/h5-7,11H,8-10H2,1-4H3/b16-6+. The molecule has 9 nitrogen and oxygen atoms in total. The summed E-state index contributed by atoms with van der Waals surface area (Å²) in [5, 5.41) is -0.557. The number of halogens is 1. The molecule has 0 N–H and O–H groups in total. The molecule has 1 aromatic rings. The number of carbonyl (C=O) groups excluding carboxylic acids is 4. The van der Waals surface area contributed by atoms with Crippen molar-refractivity contribution in [2.24, 2.45) is 5.92 Å². The summed E-state index contributed by atoms with van der Waals surface area (Å²) in [6.07, 6.45) is 1.50. The minimum absolute atomic E-state index is 0.144. The minimum atomic E-state index is -0.646. The number of thioether (sulfide) groups is 1. The zero-order valence-corrected chi connectivity index (χ0v) is 19.8. The van der Waals surface area contributed by atoms with Gasteiger partial charge in [0.05, 0.1) is 25.7 Å². The Morgan fingerprint density at radius 3 is 2.48 bits per heavy atom. The van der Waals surface area contributed by atoms with Gasteiger partial charge in [0, 0.05) is 4.47 Å². The second-order valence-corrected chi connectivity index (χ2v) is 8.58. The number of hydrogen-bond donors (Lipinski definition) is 0. The van der Waals surface area contributed by atoms with Crippen molar-refractivity contribution in [3.63, 3.8) is 0 Å². The van der Waals surface area contributed by atoms with E-state index in [0.29, 0.717) is 15.8 Å². The van der Waals surface area contributed by atoms with Crippen LogP contribution in [-0.4, -0.2) is 62.0 Å². The fourth-order valence-electron chi connectivity index (χ4n) is 2.34. The number of esters is 2. The maximum Gasteiger partial charge on any atom is 0.343 e. The molecule has 0 bridgehead atoms. The van der Waals surface area contributed by atoms with Crippen LogP contribution in [0.1, 0.15) is 19.4 Å². The van der Waals surface area contributed by atoms with Gasteiger partial charge >= 0.3 is 11.9 Å². The molecule has 0 spiro atoms. The van der Waals surface area contributed by atoms with Crippen LogP contribution in [-0.2, 0) is 23.9 Å². The molecule has 0 unspecified atom stereocenters. The van der Waals surface area contributed by atoms with E-state index in [0.717, 1.165) is 16.7 Å². The first-order valence-electron chi connectivity index (χ1n) is 9.14. The van der Waals surface area contributed by atoms with Gasteiger partial charge in [-0.2, -0.15) is 0 Å². The minimum Gasteiger partial charge on any atom is -0.493 e. The van der Waals surface area contributed by atoms with Crippen molar-refractivity contribution in [1.29, 1.82) is 0 Å². The van der Waals surface area contributed by atoms with Crippen molar-refractivity contribution in [2.75, 3.05) is 34.0 Å². The van der Waals surface area contributed by atoms with Crippen LogP contribution < -0.4 is 9.47 Å². The number of nitrogens with zero attached hydrogens (tertiary/aromatic N) is 1. The molecule has 0 atom stereocenters. The summed E-state index contributed by atoms with van der Waals surface area (Å²) in [5.74, 6) is -1.04. The van der Waals surface area contributed by atoms with Gasteiger partial charge in [-0.15, -0.1) is 0 Å². The SMILES string of the molecule is COC(=O)COc1cc(Br)c(/C=C2/SC(=O)N(CC(=O)OCC(C)C)C2=O)cc1OC. The number of ether oxygens (including phenoxy) is 4. The number of amides is 2. The fraction of sp³-hybridized carbons (Fsp3) is 0.400. The molecule has 0 saturated carbocycles. The van der Waals surface area contributed by atoms with Crippen LogP contribution in [0.4, 0.5) is 4.79 Å². The first kappa shape index (κ1) is 24.7. The van der Waals surface area contributed by atoms with Crippen LogP contribution in [0.3, 0.4) is 0 Å². The van der Waals surface area contributed by atoms with Gasteiger partial charge in [0.2, 0.25) is 0 Å². The lowest BCUT2D eigenvalue weighted by Crippen LogP contribution is -2.34. The van der Waals surface area contributed by atoms with Crippen molar-refractivity contribution >= 4 is 56.9 Å². The molecule has 2 amide bonds.